The van der Waals surface area contributed by atoms with Crippen molar-refractivity contribution < 1.29 is 19.1 Å². The molecule has 1 aromatic heterocycles. The van der Waals surface area contributed by atoms with E-state index >= 15 is 0 Å². The van der Waals surface area contributed by atoms with Crippen LogP contribution in [0.5, 0.6) is 11.5 Å². The number of thiazole rings is 1. The van der Waals surface area contributed by atoms with Gasteiger partial charge in [-0.05, 0) is 49.4 Å². The molecule has 0 atom stereocenters. The fourth-order valence-corrected chi connectivity index (χ4v) is 3.67. The molecule has 2 aromatic carbocycles. The first-order valence-electron chi connectivity index (χ1n) is 8.97. The van der Waals surface area contributed by atoms with Gasteiger partial charge in [0.15, 0.2) is 6.61 Å². The second-order valence-electron chi connectivity index (χ2n) is 6.48. The van der Waals surface area contributed by atoms with Crippen molar-refractivity contribution in [1.29, 1.82) is 0 Å². The monoisotopic (exact) mass is 409 g/mol. The fourth-order valence-electron chi connectivity index (χ4n) is 3.05. The van der Waals surface area contributed by atoms with Gasteiger partial charge in [0, 0.05) is 16.6 Å². The Hall–Kier alpha value is -3.39. The zero-order valence-corrected chi connectivity index (χ0v) is 16.8. The molecule has 0 saturated heterocycles. The van der Waals surface area contributed by atoms with E-state index in [9.17, 15) is 9.59 Å². The number of hydrogen-bond acceptors (Lipinski definition) is 6. The molecule has 148 valence electrons. The van der Waals surface area contributed by atoms with Crippen LogP contribution in [0, 0.1) is 6.92 Å². The molecular formula is C21H19N3O4S. The second-order valence-corrected chi connectivity index (χ2v) is 7.54. The molecule has 0 fully saturated rings. The number of hydrogen-bond donors (Lipinski definition) is 1. The highest BCUT2D eigenvalue weighted by atomic mass is 32.1. The highest BCUT2D eigenvalue weighted by Crippen LogP contribution is 2.36. The number of aromatic nitrogens is 1. The van der Waals surface area contributed by atoms with Gasteiger partial charge in [0.25, 0.3) is 5.91 Å². The largest absolute Gasteiger partial charge is 0.497 e. The number of rotatable bonds is 5. The second kappa shape index (κ2) is 7.92. The summed E-state index contributed by atoms with van der Waals surface area (Å²) in [4.78, 5) is 31.0. The molecule has 1 aliphatic heterocycles. The Labute approximate surface area is 171 Å². The Morgan fingerprint density at radius 1 is 1.28 bits per heavy atom. The number of benzene rings is 2. The zero-order valence-electron chi connectivity index (χ0n) is 16.0. The summed E-state index contributed by atoms with van der Waals surface area (Å²) in [6, 6.07) is 12.5. The summed E-state index contributed by atoms with van der Waals surface area (Å²) < 4.78 is 10.6. The van der Waals surface area contributed by atoms with Crippen molar-refractivity contribution >= 4 is 34.5 Å². The lowest BCUT2D eigenvalue weighted by atomic mass is 10.1. The number of amides is 2. The average Bonchev–Trinajstić information content (AvgIpc) is 3.17. The average molecular weight is 409 g/mol. The molecule has 7 nitrogen and oxygen atoms in total. The number of methoxy groups -OCH3 is 1. The number of anilines is 2. The molecule has 0 bridgehead atoms. The molecule has 4 rings (SSSR count). The van der Waals surface area contributed by atoms with Gasteiger partial charge >= 0.3 is 0 Å². The third-order valence-electron chi connectivity index (χ3n) is 4.49. The third kappa shape index (κ3) is 4.07. The van der Waals surface area contributed by atoms with Crippen LogP contribution < -0.4 is 19.7 Å². The van der Waals surface area contributed by atoms with Crippen molar-refractivity contribution in [3.8, 4) is 22.8 Å². The summed E-state index contributed by atoms with van der Waals surface area (Å²) in [5.41, 5.74) is 2.89. The van der Waals surface area contributed by atoms with Crippen molar-refractivity contribution in [3.63, 3.8) is 0 Å². The first-order chi connectivity index (χ1) is 14.0. The van der Waals surface area contributed by atoms with Crippen molar-refractivity contribution in [1.82, 2.24) is 4.98 Å². The van der Waals surface area contributed by atoms with Crippen LogP contribution in [-0.2, 0) is 9.59 Å². The molecule has 2 amide bonds. The molecule has 8 heteroatoms. The molecule has 0 unspecified atom stereocenters. The number of nitrogens with one attached hydrogen (secondary N) is 1. The van der Waals surface area contributed by atoms with E-state index in [1.807, 2.05) is 24.4 Å². The molecule has 0 spiro atoms. The molecule has 29 heavy (non-hydrogen) atoms. The van der Waals surface area contributed by atoms with E-state index in [0.29, 0.717) is 22.9 Å². The van der Waals surface area contributed by atoms with Gasteiger partial charge in [0.2, 0.25) is 5.91 Å². The quantitative estimate of drug-likeness (QED) is 0.698. The Kier molecular flexibility index (Phi) is 5.18. The first-order valence-corrected chi connectivity index (χ1v) is 9.85. The lowest BCUT2D eigenvalue weighted by Gasteiger charge is -2.29. The molecule has 0 radical (unpaired) electrons. The maximum atomic E-state index is 12.6. The third-order valence-corrected chi connectivity index (χ3v) is 5.27. The van der Waals surface area contributed by atoms with Crippen molar-refractivity contribution in [3.05, 3.63) is 52.9 Å². The minimum atomic E-state index is -0.300. The van der Waals surface area contributed by atoms with Gasteiger partial charge < -0.3 is 14.8 Å². The Morgan fingerprint density at radius 3 is 2.76 bits per heavy atom. The van der Waals surface area contributed by atoms with E-state index in [1.165, 1.54) is 4.90 Å². The summed E-state index contributed by atoms with van der Waals surface area (Å²) in [5.74, 6) is 0.697. The standard InChI is InChI=1S/C21H19N3O4S/c1-13-22-17(12-29-13)14-3-8-19-18(9-14)24(21(26)11-28-19)10-20(25)23-15-4-6-16(27-2)7-5-15/h3-9,12H,10-11H2,1-2H3,(H,23,25). The molecule has 1 aliphatic rings. The summed E-state index contributed by atoms with van der Waals surface area (Å²) in [5, 5.41) is 5.72. The maximum Gasteiger partial charge on any atom is 0.265 e. The van der Waals surface area contributed by atoms with Gasteiger partial charge in [-0.1, -0.05) is 0 Å². The number of ether oxygens (including phenoxy) is 2. The predicted molar refractivity (Wildman–Crippen MR) is 112 cm³/mol. The fraction of sp³-hybridized carbons (Fsp3) is 0.190. The normalized spacial score (nSPS) is 12.9. The van der Waals surface area contributed by atoms with Crippen LogP contribution >= 0.6 is 11.3 Å². The van der Waals surface area contributed by atoms with E-state index in [-0.39, 0.29) is 25.0 Å². The summed E-state index contributed by atoms with van der Waals surface area (Å²) in [7, 11) is 1.58. The minimum absolute atomic E-state index is 0.0992. The molecule has 0 saturated carbocycles. The number of aryl methyl sites for hydroxylation is 1. The van der Waals surface area contributed by atoms with Crippen LogP contribution in [0.2, 0.25) is 0 Å². The van der Waals surface area contributed by atoms with Crippen molar-refractivity contribution in [2.24, 2.45) is 0 Å². The molecule has 2 heterocycles. The van der Waals surface area contributed by atoms with Gasteiger partial charge in [-0.3, -0.25) is 14.5 Å². The molecule has 0 aliphatic carbocycles. The smallest absolute Gasteiger partial charge is 0.265 e. The molecule has 1 N–H and O–H groups in total. The van der Waals surface area contributed by atoms with Gasteiger partial charge in [-0.15, -0.1) is 11.3 Å². The Balaban J connectivity index is 1.55. The van der Waals surface area contributed by atoms with Gasteiger partial charge in [0.05, 0.1) is 23.5 Å². The van der Waals surface area contributed by atoms with Gasteiger partial charge in [0.1, 0.15) is 18.0 Å². The maximum absolute atomic E-state index is 12.6. The number of nitrogens with zero attached hydrogens (tertiary/aromatic N) is 2. The van der Waals surface area contributed by atoms with Crippen molar-refractivity contribution in [2.45, 2.75) is 6.92 Å². The van der Waals surface area contributed by atoms with Crippen molar-refractivity contribution in [2.75, 3.05) is 30.5 Å². The Bertz CT molecular complexity index is 1060. The first kappa shape index (κ1) is 18.9. The lowest BCUT2D eigenvalue weighted by Crippen LogP contribution is -2.43. The van der Waals surface area contributed by atoms with E-state index in [1.54, 1.807) is 48.8 Å². The van der Waals surface area contributed by atoms with Gasteiger partial charge in [-0.2, -0.15) is 0 Å². The van der Waals surface area contributed by atoms with E-state index in [4.69, 9.17) is 9.47 Å². The lowest BCUT2D eigenvalue weighted by molar-refractivity contribution is -0.123. The number of carbonyl (C=O) groups is 2. The SMILES string of the molecule is COc1ccc(NC(=O)CN2C(=O)COc3ccc(-c4csc(C)n4)cc32)cc1. The van der Waals surface area contributed by atoms with Crippen LogP contribution in [0.15, 0.2) is 47.8 Å². The predicted octanol–water partition coefficient (Wildman–Crippen LogP) is 3.49. The van der Waals surface area contributed by atoms with Crippen LogP contribution in [0.1, 0.15) is 5.01 Å². The molecular weight excluding hydrogens is 390 g/mol. The number of carbonyl (C=O) groups excluding carboxylic acids is 2. The zero-order chi connectivity index (χ0) is 20.4. The minimum Gasteiger partial charge on any atom is -0.497 e. The van der Waals surface area contributed by atoms with Crippen LogP contribution in [0.25, 0.3) is 11.3 Å². The van der Waals surface area contributed by atoms with Crippen LogP contribution in [0.4, 0.5) is 11.4 Å². The van der Waals surface area contributed by atoms with E-state index < -0.39 is 0 Å². The van der Waals surface area contributed by atoms with Crippen LogP contribution in [-0.4, -0.2) is 37.1 Å². The Morgan fingerprint density at radius 2 is 2.07 bits per heavy atom. The topological polar surface area (TPSA) is 80.8 Å². The summed E-state index contributed by atoms with van der Waals surface area (Å²) in [6.07, 6.45) is 0. The number of fused-ring (bicyclic) bond motifs is 1. The summed E-state index contributed by atoms with van der Waals surface area (Å²) >= 11 is 1.56. The summed E-state index contributed by atoms with van der Waals surface area (Å²) in [6.45, 7) is 1.73. The van der Waals surface area contributed by atoms with Crippen LogP contribution in [0.3, 0.4) is 0 Å². The van der Waals surface area contributed by atoms with Gasteiger partial charge in [-0.25, -0.2) is 4.98 Å². The van der Waals surface area contributed by atoms with E-state index in [0.717, 1.165) is 16.3 Å². The highest BCUT2D eigenvalue weighted by Gasteiger charge is 2.28. The van der Waals surface area contributed by atoms with E-state index in [2.05, 4.69) is 10.3 Å². The molecule has 3 aromatic rings. The highest BCUT2D eigenvalue weighted by molar-refractivity contribution is 7.09.